The van der Waals surface area contributed by atoms with Crippen molar-refractivity contribution in [3.05, 3.63) is 10.4 Å². The first-order valence-electron chi connectivity index (χ1n) is 4.63. The van der Waals surface area contributed by atoms with Crippen LogP contribution in [0.3, 0.4) is 0 Å². The van der Waals surface area contributed by atoms with Gasteiger partial charge in [-0.3, -0.25) is 0 Å². The van der Waals surface area contributed by atoms with Crippen molar-refractivity contribution in [2.75, 3.05) is 19.6 Å². The highest BCUT2D eigenvalue weighted by atomic mass is 15.1. The molecule has 4 nitrogen and oxygen atoms in total. The van der Waals surface area contributed by atoms with Crippen LogP contribution in [0.1, 0.15) is 12.8 Å². The molecule has 1 saturated heterocycles. The van der Waals surface area contributed by atoms with E-state index in [1.54, 1.807) is 0 Å². The van der Waals surface area contributed by atoms with Gasteiger partial charge in [0.2, 0.25) is 0 Å². The Hall–Kier alpha value is -0.730. The fourth-order valence-electron chi connectivity index (χ4n) is 2.17. The van der Waals surface area contributed by atoms with Gasteiger partial charge in [0.05, 0.1) is 0 Å². The molecule has 2 atom stereocenters. The van der Waals surface area contributed by atoms with Gasteiger partial charge in [0, 0.05) is 11.5 Å². The summed E-state index contributed by atoms with van der Waals surface area (Å²) in [6.07, 6.45) is 2.78. The molecular weight excluding hydrogens is 152 g/mol. The zero-order valence-electron chi connectivity index (χ0n) is 7.11. The molecule has 0 bridgehead atoms. The number of azide groups is 1. The topological polar surface area (TPSA) is 60.8 Å². The van der Waals surface area contributed by atoms with Crippen LogP contribution < -0.4 is 5.32 Å². The fourth-order valence-corrected chi connectivity index (χ4v) is 2.17. The lowest BCUT2D eigenvalue weighted by atomic mass is 9.92. The summed E-state index contributed by atoms with van der Waals surface area (Å²) in [4.78, 5) is 2.81. The van der Waals surface area contributed by atoms with Crippen LogP contribution >= 0.6 is 0 Å². The molecule has 0 aromatic rings. The summed E-state index contributed by atoms with van der Waals surface area (Å²) in [6, 6.07) is 0. The second-order valence-electron chi connectivity index (χ2n) is 3.83. The molecule has 4 heteroatoms. The Morgan fingerprint density at radius 1 is 1.42 bits per heavy atom. The Morgan fingerprint density at radius 2 is 2.25 bits per heavy atom. The number of nitrogens with one attached hydrogen (secondary N) is 1. The lowest BCUT2D eigenvalue weighted by Gasteiger charge is -2.14. The van der Waals surface area contributed by atoms with E-state index in [1.807, 2.05) is 0 Å². The third-order valence-electron chi connectivity index (χ3n) is 3.00. The molecular formula is C8H14N4. The molecule has 0 radical (unpaired) electrons. The van der Waals surface area contributed by atoms with Gasteiger partial charge in [-0.2, -0.15) is 0 Å². The molecule has 1 N–H and O–H groups in total. The third kappa shape index (κ3) is 1.54. The van der Waals surface area contributed by atoms with Crippen molar-refractivity contribution in [3.63, 3.8) is 0 Å². The second kappa shape index (κ2) is 3.33. The standard InChI is InChI=1S/C8H14N4/c9-12-11-4-7-3-10-5-8(7)6-1-2-6/h6-8,10H,1-5H2. The van der Waals surface area contributed by atoms with Gasteiger partial charge < -0.3 is 5.32 Å². The van der Waals surface area contributed by atoms with Crippen LogP contribution in [0.4, 0.5) is 0 Å². The predicted octanol–water partition coefficient (Wildman–Crippen LogP) is 1.54. The van der Waals surface area contributed by atoms with Crippen molar-refractivity contribution in [2.24, 2.45) is 22.9 Å². The first kappa shape index (κ1) is 7.90. The SMILES string of the molecule is [N-]=[N+]=NCC1CNCC1C1CC1. The molecule has 1 aliphatic carbocycles. The maximum atomic E-state index is 8.21. The second-order valence-corrected chi connectivity index (χ2v) is 3.83. The average molecular weight is 166 g/mol. The largest absolute Gasteiger partial charge is 0.316 e. The monoisotopic (exact) mass is 166 g/mol. The number of hydrogen-bond donors (Lipinski definition) is 1. The maximum absolute atomic E-state index is 8.21. The van der Waals surface area contributed by atoms with E-state index in [2.05, 4.69) is 15.3 Å². The van der Waals surface area contributed by atoms with Crippen LogP contribution in [0.5, 0.6) is 0 Å². The molecule has 1 saturated carbocycles. The molecule has 2 fully saturated rings. The van der Waals surface area contributed by atoms with E-state index < -0.39 is 0 Å². The number of nitrogens with zero attached hydrogens (tertiary/aromatic N) is 3. The molecule has 0 aromatic carbocycles. The van der Waals surface area contributed by atoms with E-state index in [0.29, 0.717) is 12.5 Å². The van der Waals surface area contributed by atoms with Crippen molar-refractivity contribution < 1.29 is 0 Å². The molecule has 0 amide bonds. The van der Waals surface area contributed by atoms with Gasteiger partial charge >= 0.3 is 0 Å². The summed E-state index contributed by atoms with van der Waals surface area (Å²) in [5.74, 6) is 2.32. The minimum atomic E-state index is 0.605. The normalized spacial score (nSPS) is 34.7. The Kier molecular flexibility index (Phi) is 2.19. The van der Waals surface area contributed by atoms with E-state index in [-0.39, 0.29) is 0 Å². The van der Waals surface area contributed by atoms with Crippen molar-refractivity contribution >= 4 is 0 Å². The Labute approximate surface area is 72.0 Å². The number of rotatable bonds is 3. The van der Waals surface area contributed by atoms with Gasteiger partial charge in [0.15, 0.2) is 0 Å². The highest BCUT2D eigenvalue weighted by Gasteiger charge is 2.38. The Morgan fingerprint density at radius 3 is 2.92 bits per heavy atom. The van der Waals surface area contributed by atoms with E-state index in [1.165, 1.54) is 12.8 Å². The average Bonchev–Trinajstić information content (AvgIpc) is 2.83. The summed E-state index contributed by atoms with van der Waals surface area (Å²) >= 11 is 0. The summed E-state index contributed by atoms with van der Waals surface area (Å²) < 4.78 is 0. The van der Waals surface area contributed by atoms with Gasteiger partial charge in [0.25, 0.3) is 0 Å². The van der Waals surface area contributed by atoms with E-state index in [4.69, 9.17) is 5.53 Å². The van der Waals surface area contributed by atoms with Crippen LogP contribution in [-0.4, -0.2) is 19.6 Å². The van der Waals surface area contributed by atoms with Crippen LogP contribution in [0.25, 0.3) is 10.4 Å². The molecule has 66 valence electrons. The molecule has 1 aliphatic heterocycles. The highest BCUT2D eigenvalue weighted by molar-refractivity contribution is 4.92. The highest BCUT2D eigenvalue weighted by Crippen LogP contribution is 2.41. The molecule has 2 rings (SSSR count). The summed E-state index contributed by atoms with van der Waals surface area (Å²) in [6.45, 7) is 2.86. The zero-order chi connectivity index (χ0) is 8.39. The van der Waals surface area contributed by atoms with Gasteiger partial charge in [0.1, 0.15) is 0 Å². The molecule has 2 unspecified atom stereocenters. The van der Waals surface area contributed by atoms with Gasteiger partial charge in [-0.25, -0.2) is 0 Å². The lowest BCUT2D eigenvalue weighted by Crippen LogP contribution is -2.16. The fraction of sp³-hybridized carbons (Fsp3) is 1.00. The summed E-state index contributed by atoms with van der Waals surface area (Å²) in [5.41, 5.74) is 8.21. The molecule has 1 heterocycles. The Bertz CT molecular complexity index is 205. The van der Waals surface area contributed by atoms with Gasteiger partial charge in [-0.15, -0.1) is 0 Å². The van der Waals surface area contributed by atoms with Gasteiger partial charge in [-0.1, -0.05) is 5.11 Å². The van der Waals surface area contributed by atoms with Crippen molar-refractivity contribution in [2.45, 2.75) is 12.8 Å². The first-order valence-corrected chi connectivity index (χ1v) is 4.63. The van der Waals surface area contributed by atoms with Crippen molar-refractivity contribution in [1.82, 2.24) is 5.32 Å². The predicted molar refractivity (Wildman–Crippen MR) is 46.6 cm³/mol. The quantitative estimate of drug-likeness (QED) is 0.386. The molecule has 12 heavy (non-hydrogen) atoms. The molecule has 2 aliphatic rings. The van der Waals surface area contributed by atoms with Crippen LogP contribution in [0.15, 0.2) is 5.11 Å². The number of hydrogen-bond acceptors (Lipinski definition) is 2. The summed E-state index contributed by atoms with van der Waals surface area (Å²) in [5, 5.41) is 7.02. The van der Waals surface area contributed by atoms with Crippen molar-refractivity contribution in [1.29, 1.82) is 0 Å². The first-order chi connectivity index (χ1) is 5.92. The van der Waals surface area contributed by atoms with Crippen molar-refractivity contribution in [3.8, 4) is 0 Å². The minimum Gasteiger partial charge on any atom is -0.316 e. The van der Waals surface area contributed by atoms with E-state index >= 15 is 0 Å². The molecule has 0 aromatic heterocycles. The van der Waals surface area contributed by atoms with Crippen LogP contribution in [-0.2, 0) is 0 Å². The van der Waals surface area contributed by atoms with Crippen LogP contribution in [0.2, 0.25) is 0 Å². The maximum Gasteiger partial charge on any atom is 0.0301 e. The zero-order valence-corrected chi connectivity index (χ0v) is 7.11. The minimum absolute atomic E-state index is 0.605. The summed E-state index contributed by atoms with van der Waals surface area (Å²) in [7, 11) is 0. The third-order valence-corrected chi connectivity index (χ3v) is 3.00. The molecule has 0 spiro atoms. The van der Waals surface area contributed by atoms with E-state index in [9.17, 15) is 0 Å². The van der Waals surface area contributed by atoms with E-state index in [0.717, 1.165) is 24.9 Å². The lowest BCUT2D eigenvalue weighted by molar-refractivity contribution is 0.382. The van der Waals surface area contributed by atoms with Crippen LogP contribution in [0, 0.1) is 17.8 Å². The van der Waals surface area contributed by atoms with Gasteiger partial charge in [-0.05, 0) is 49.2 Å². The Balaban J connectivity index is 1.89. The smallest absolute Gasteiger partial charge is 0.0301 e.